The van der Waals surface area contributed by atoms with Gasteiger partial charge in [-0.2, -0.15) is 0 Å². The van der Waals surface area contributed by atoms with Gasteiger partial charge in [0.15, 0.2) is 11.6 Å². The van der Waals surface area contributed by atoms with Crippen LogP contribution in [0.3, 0.4) is 0 Å². The molecular formula is C9H13FO. The molecular weight excluding hydrogens is 143 g/mol. The first kappa shape index (κ1) is 8.31. The lowest BCUT2D eigenvalue weighted by molar-refractivity contribution is 0.265. The van der Waals surface area contributed by atoms with Crippen LogP contribution >= 0.6 is 0 Å². The minimum atomic E-state index is -0.244. The van der Waals surface area contributed by atoms with Crippen LogP contribution in [-0.4, -0.2) is 7.11 Å². The summed E-state index contributed by atoms with van der Waals surface area (Å²) >= 11 is 0. The van der Waals surface area contributed by atoms with Crippen LogP contribution in [0.5, 0.6) is 0 Å². The SMILES string of the molecule is COC1=CC(C)(C)CC=C1F. The number of halogens is 1. The average molecular weight is 156 g/mol. The van der Waals surface area contributed by atoms with Gasteiger partial charge in [0.1, 0.15) is 0 Å². The molecule has 0 atom stereocenters. The van der Waals surface area contributed by atoms with Crippen molar-refractivity contribution in [3.63, 3.8) is 0 Å². The molecule has 1 aliphatic carbocycles. The maximum Gasteiger partial charge on any atom is 0.160 e. The third kappa shape index (κ3) is 1.82. The molecule has 0 aliphatic heterocycles. The molecule has 0 fully saturated rings. The summed E-state index contributed by atoms with van der Waals surface area (Å²) in [5, 5.41) is 0. The van der Waals surface area contributed by atoms with Crippen LogP contribution in [0.4, 0.5) is 4.39 Å². The van der Waals surface area contributed by atoms with Gasteiger partial charge in [0.05, 0.1) is 7.11 Å². The van der Waals surface area contributed by atoms with Gasteiger partial charge in [-0.1, -0.05) is 13.8 Å². The Morgan fingerprint density at radius 2 is 2.18 bits per heavy atom. The summed E-state index contributed by atoms with van der Waals surface area (Å²) in [5.74, 6) is 0.119. The molecule has 0 saturated heterocycles. The maximum absolute atomic E-state index is 12.9. The molecule has 0 spiro atoms. The van der Waals surface area contributed by atoms with E-state index < -0.39 is 0 Å². The van der Waals surface area contributed by atoms with Crippen molar-refractivity contribution in [1.82, 2.24) is 0 Å². The number of rotatable bonds is 1. The predicted octanol–water partition coefficient (Wildman–Crippen LogP) is 2.80. The van der Waals surface area contributed by atoms with E-state index in [2.05, 4.69) is 13.8 Å². The quantitative estimate of drug-likeness (QED) is 0.567. The first-order valence-corrected chi connectivity index (χ1v) is 3.68. The summed E-state index contributed by atoms with van der Waals surface area (Å²) in [5.41, 5.74) is 0.0287. The zero-order valence-corrected chi connectivity index (χ0v) is 7.15. The van der Waals surface area contributed by atoms with Crippen LogP contribution in [0, 0.1) is 5.41 Å². The van der Waals surface area contributed by atoms with Gasteiger partial charge >= 0.3 is 0 Å². The molecule has 1 rings (SSSR count). The fourth-order valence-electron chi connectivity index (χ4n) is 1.09. The van der Waals surface area contributed by atoms with Crippen LogP contribution in [0.1, 0.15) is 20.3 Å². The number of allylic oxidation sites excluding steroid dienone is 3. The van der Waals surface area contributed by atoms with E-state index in [1.54, 1.807) is 6.08 Å². The van der Waals surface area contributed by atoms with E-state index in [1.165, 1.54) is 7.11 Å². The van der Waals surface area contributed by atoms with Crippen molar-refractivity contribution in [3.05, 3.63) is 23.7 Å². The molecule has 2 heteroatoms. The van der Waals surface area contributed by atoms with Crippen LogP contribution in [0.25, 0.3) is 0 Å². The second-order valence-electron chi connectivity index (χ2n) is 3.46. The Balaban J connectivity index is 2.87. The molecule has 0 unspecified atom stereocenters. The van der Waals surface area contributed by atoms with E-state index in [1.807, 2.05) is 6.08 Å². The van der Waals surface area contributed by atoms with E-state index in [4.69, 9.17) is 4.74 Å². The zero-order valence-electron chi connectivity index (χ0n) is 7.15. The smallest absolute Gasteiger partial charge is 0.160 e. The van der Waals surface area contributed by atoms with Crippen LogP contribution in [-0.2, 0) is 4.74 Å². The van der Waals surface area contributed by atoms with Crippen molar-refractivity contribution < 1.29 is 9.13 Å². The van der Waals surface area contributed by atoms with Crippen molar-refractivity contribution in [2.75, 3.05) is 7.11 Å². The summed E-state index contributed by atoms with van der Waals surface area (Å²) in [7, 11) is 1.49. The zero-order chi connectivity index (χ0) is 8.48. The summed E-state index contributed by atoms with van der Waals surface area (Å²) in [6.07, 6.45) is 4.13. The Morgan fingerprint density at radius 1 is 1.55 bits per heavy atom. The molecule has 0 N–H and O–H groups in total. The number of hydrogen-bond donors (Lipinski definition) is 0. The Bertz CT molecular complexity index is 214. The van der Waals surface area contributed by atoms with Gasteiger partial charge in [-0.15, -0.1) is 0 Å². The molecule has 11 heavy (non-hydrogen) atoms. The monoisotopic (exact) mass is 156 g/mol. The van der Waals surface area contributed by atoms with Crippen LogP contribution < -0.4 is 0 Å². The van der Waals surface area contributed by atoms with Gasteiger partial charge in [-0.25, -0.2) is 4.39 Å². The van der Waals surface area contributed by atoms with Gasteiger partial charge < -0.3 is 4.74 Å². The van der Waals surface area contributed by atoms with Crippen LogP contribution in [0.2, 0.25) is 0 Å². The molecule has 0 aromatic heterocycles. The molecule has 62 valence electrons. The molecule has 1 nitrogen and oxygen atoms in total. The first-order chi connectivity index (χ1) is 5.05. The minimum Gasteiger partial charge on any atom is -0.494 e. The minimum absolute atomic E-state index is 0.0287. The summed E-state index contributed by atoms with van der Waals surface area (Å²) in [6.45, 7) is 4.10. The van der Waals surface area contributed by atoms with Crippen molar-refractivity contribution in [1.29, 1.82) is 0 Å². The Hall–Kier alpha value is -0.790. The Kier molecular flexibility index (Phi) is 2.03. The molecule has 0 amide bonds. The molecule has 0 bridgehead atoms. The average Bonchev–Trinajstić information content (AvgIpc) is 1.94. The molecule has 0 aromatic carbocycles. The molecule has 0 aromatic rings. The van der Waals surface area contributed by atoms with E-state index in [0.29, 0.717) is 5.76 Å². The normalized spacial score (nSPS) is 22.2. The van der Waals surface area contributed by atoms with E-state index in [0.717, 1.165) is 6.42 Å². The second kappa shape index (κ2) is 2.68. The van der Waals surface area contributed by atoms with E-state index in [-0.39, 0.29) is 11.2 Å². The van der Waals surface area contributed by atoms with Crippen molar-refractivity contribution in [2.45, 2.75) is 20.3 Å². The van der Waals surface area contributed by atoms with Gasteiger partial charge in [0, 0.05) is 0 Å². The third-order valence-corrected chi connectivity index (χ3v) is 1.78. The lowest BCUT2D eigenvalue weighted by Crippen LogP contribution is -2.12. The fraction of sp³-hybridized carbons (Fsp3) is 0.556. The highest BCUT2D eigenvalue weighted by Crippen LogP contribution is 2.32. The largest absolute Gasteiger partial charge is 0.494 e. The predicted molar refractivity (Wildman–Crippen MR) is 42.7 cm³/mol. The summed E-state index contributed by atoms with van der Waals surface area (Å²) in [4.78, 5) is 0. The summed E-state index contributed by atoms with van der Waals surface area (Å²) in [6, 6.07) is 0. The van der Waals surface area contributed by atoms with E-state index in [9.17, 15) is 4.39 Å². The lowest BCUT2D eigenvalue weighted by atomic mass is 9.85. The van der Waals surface area contributed by atoms with E-state index >= 15 is 0 Å². The first-order valence-electron chi connectivity index (χ1n) is 3.68. The fourth-order valence-corrected chi connectivity index (χ4v) is 1.09. The summed E-state index contributed by atoms with van der Waals surface area (Å²) < 4.78 is 17.7. The highest BCUT2D eigenvalue weighted by atomic mass is 19.1. The topological polar surface area (TPSA) is 9.23 Å². The molecule has 0 saturated carbocycles. The molecule has 0 heterocycles. The van der Waals surface area contributed by atoms with Gasteiger partial charge in [0.25, 0.3) is 0 Å². The van der Waals surface area contributed by atoms with Crippen LogP contribution in [0.15, 0.2) is 23.7 Å². The Labute approximate surface area is 66.6 Å². The highest BCUT2D eigenvalue weighted by molar-refractivity contribution is 5.26. The number of methoxy groups -OCH3 is 1. The number of hydrogen-bond acceptors (Lipinski definition) is 1. The molecule has 0 radical (unpaired) electrons. The standard InChI is InChI=1S/C9H13FO/c1-9(2)5-4-7(10)8(6-9)11-3/h4,6H,5H2,1-3H3. The molecule has 1 aliphatic rings. The third-order valence-electron chi connectivity index (χ3n) is 1.78. The Morgan fingerprint density at radius 3 is 2.64 bits per heavy atom. The van der Waals surface area contributed by atoms with Crippen molar-refractivity contribution in [3.8, 4) is 0 Å². The van der Waals surface area contributed by atoms with Gasteiger partial charge in [-0.3, -0.25) is 0 Å². The van der Waals surface area contributed by atoms with Crippen molar-refractivity contribution >= 4 is 0 Å². The van der Waals surface area contributed by atoms with Gasteiger partial charge in [-0.05, 0) is 24.0 Å². The maximum atomic E-state index is 12.9. The van der Waals surface area contributed by atoms with Crippen molar-refractivity contribution in [2.24, 2.45) is 5.41 Å². The van der Waals surface area contributed by atoms with Gasteiger partial charge in [0.2, 0.25) is 0 Å². The highest BCUT2D eigenvalue weighted by Gasteiger charge is 2.21. The number of ether oxygens (including phenoxy) is 1. The second-order valence-corrected chi connectivity index (χ2v) is 3.46. The lowest BCUT2D eigenvalue weighted by Gasteiger charge is -2.23.